The van der Waals surface area contributed by atoms with E-state index in [4.69, 9.17) is 4.74 Å². The number of ether oxygens (including phenoxy) is 1. The van der Waals surface area contributed by atoms with Crippen LogP contribution >= 0.6 is 11.8 Å². The number of benzene rings is 1. The van der Waals surface area contributed by atoms with Gasteiger partial charge in [0.05, 0.1) is 18.0 Å². The molecule has 0 aliphatic carbocycles. The number of pyridine rings is 1. The lowest BCUT2D eigenvalue weighted by Crippen LogP contribution is -2.20. The Morgan fingerprint density at radius 3 is 2.88 bits per heavy atom. The highest BCUT2D eigenvalue weighted by molar-refractivity contribution is 7.99. The van der Waals surface area contributed by atoms with Gasteiger partial charge in [0.1, 0.15) is 11.4 Å². The zero-order valence-electron chi connectivity index (χ0n) is 14.4. The van der Waals surface area contributed by atoms with E-state index in [1.54, 1.807) is 24.4 Å². The molecule has 0 bridgehead atoms. The minimum absolute atomic E-state index is 0.0852. The van der Waals surface area contributed by atoms with Gasteiger partial charge in [0.15, 0.2) is 5.16 Å². The molecule has 1 aromatic carbocycles. The van der Waals surface area contributed by atoms with E-state index in [1.165, 1.54) is 4.40 Å². The quantitative estimate of drug-likeness (QED) is 0.671. The first-order valence-corrected chi connectivity index (χ1v) is 9.07. The molecule has 0 spiro atoms. The van der Waals surface area contributed by atoms with Crippen molar-refractivity contribution in [1.82, 2.24) is 14.4 Å². The van der Waals surface area contributed by atoms with Gasteiger partial charge in [-0.1, -0.05) is 23.9 Å². The summed E-state index contributed by atoms with van der Waals surface area (Å²) in [5.41, 5.74) is 1.69. The summed E-state index contributed by atoms with van der Waals surface area (Å²) in [6, 6.07) is 10.8. The number of rotatable bonds is 6. The fourth-order valence-corrected chi connectivity index (χ4v) is 2.96. The molecule has 1 amide bonds. The first-order valence-electron chi connectivity index (χ1n) is 8.08. The molecule has 1 N–H and O–H groups in total. The molecule has 3 rings (SSSR count). The van der Waals surface area contributed by atoms with E-state index in [2.05, 4.69) is 15.3 Å². The molecule has 0 saturated heterocycles. The van der Waals surface area contributed by atoms with Gasteiger partial charge in [-0.15, -0.1) is 0 Å². The maximum atomic E-state index is 12.2. The van der Waals surface area contributed by atoms with Gasteiger partial charge in [-0.25, -0.2) is 9.78 Å². The molecular formula is C18H18N4O3S. The van der Waals surface area contributed by atoms with E-state index < -0.39 is 5.69 Å². The molecule has 0 aliphatic rings. The van der Waals surface area contributed by atoms with Crippen LogP contribution < -0.4 is 15.7 Å². The molecule has 7 nitrogen and oxygen atoms in total. The summed E-state index contributed by atoms with van der Waals surface area (Å²) >= 11 is 1.11. The first-order chi connectivity index (χ1) is 12.6. The minimum atomic E-state index is -0.417. The van der Waals surface area contributed by atoms with E-state index in [0.717, 1.165) is 17.3 Å². The van der Waals surface area contributed by atoms with Crippen LogP contribution in [-0.2, 0) is 4.79 Å². The fourth-order valence-electron chi connectivity index (χ4n) is 2.33. The Kier molecular flexibility index (Phi) is 5.52. The average Bonchev–Trinajstić information content (AvgIpc) is 2.61. The van der Waals surface area contributed by atoms with Gasteiger partial charge in [0.2, 0.25) is 5.91 Å². The maximum Gasteiger partial charge on any atom is 0.355 e. The van der Waals surface area contributed by atoms with Crippen molar-refractivity contribution in [1.29, 1.82) is 0 Å². The molecule has 134 valence electrons. The van der Waals surface area contributed by atoms with E-state index in [0.29, 0.717) is 23.7 Å². The molecule has 2 heterocycles. The Bertz CT molecular complexity index is 1000. The molecule has 0 atom stereocenters. The fraction of sp³-hybridized carbons (Fsp3) is 0.222. The molecule has 8 heteroatoms. The van der Waals surface area contributed by atoms with Crippen LogP contribution in [0.4, 0.5) is 5.69 Å². The van der Waals surface area contributed by atoms with Crippen molar-refractivity contribution in [2.24, 2.45) is 0 Å². The van der Waals surface area contributed by atoms with Crippen molar-refractivity contribution < 1.29 is 9.53 Å². The van der Waals surface area contributed by atoms with Crippen molar-refractivity contribution in [3.05, 3.63) is 58.6 Å². The maximum absolute atomic E-state index is 12.2. The number of nitrogens with zero attached hydrogens (tertiary/aromatic N) is 3. The number of nitrogens with one attached hydrogen (secondary N) is 1. The predicted octanol–water partition coefficient (Wildman–Crippen LogP) is 2.53. The summed E-state index contributed by atoms with van der Waals surface area (Å²) in [6.45, 7) is 4.31. The van der Waals surface area contributed by atoms with Gasteiger partial charge in [0.25, 0.3) is 0 Å². The van der Waals surface area contributed by atoms with Crippen molar-refractivity contribution in [3.63, 3.8) is 0 Å². The second-order valence-corrected chi connectivity index (χ2v) is 6.43. The lowest BCUT2D eigenvalue weighted by Gasteiger charge is -2.10. The summed E-state index contributed by atoms with van der Waals surface area (Å²) in [5.74, 6) is 0.473. The summed E-state index contributed by atoms with van der Waals surface area (Å²) in [6.07, 6.45) is 1.64. The largest absolute Gasteiger partial charge is 0.492 e. The standard InChI is InChI=1S/C18H18N4O3S/c1-3-25-14-7-5-4-6-13(14)19-16(23)11-26-17-20-15-10-12(2)8-9-22(15)18(24)21-17/h4-10H,3,11H2,1-2H3,(H,19,23). The van der Waals surface area contributed by atoms with E-state index >= 15 is 0 Å². The molecule has 0 unspecified atom stereocenters. The highest BCUT2D eigenvalue weighted by Crippen LogP contribution is 2.24. The van der Waals surface area contributed by atoms with Gasteiger partial charge in [-0.05, 0) is 43.7 Å². The third-order valence-electron chi connectivity index (χ3n) is 3.49. The SMILES string of the molecule is CCOc1ccccc1NC(=O)CSc1nc(=O)n2ccc(C)cc2n1. The Hall–Kier alpha value is -2.87. The Morgan fingerprint density at radius 2 is 2.08 bits per heavy atom. The van der Waals surface area contributed by atoms with Crippen molar-refractivity contribution in [2.75, 3.05) is 17.7 Å². The molecule has 3 aromatic rings. The van der Waals surface area contributed by atoms with Crippen LogP contribution in [0.25, 0.3) is 5.65 Å². The third kappa shape index (κ3) is 4.20. The number of hydrogen-bond donors (Lipinski definition) is 1. The van der Waals surface area contributed by atoms with Gasteiger partial charge in [-0.3, -0.25) is 9.20 Å². The van der Waals surface area contributed by atoms with Crippen LogP contribution in [0.15, 0.2) is 52.5 Å². The number of hydrogen-bond acceptors (Lipinski definition) is 6. The molecule has 2 aromatic heterocycles. The smallest absolute Gasteiger partial charge is 0.355 e. The molecule has 26 heavy (non-hydrogen) atoms. The zero-order chi connectivity index (χ0) is 18.5. The number of para-hydroxylation sites is 2. The number of carbonyl (C=O) groups excluding carboxylic acids is 1. The first kappa shape index (κ1) is 17.9. The molecule has 0 aliphatic heterocycles. The number of anilines is 1. The lowest BCUT2D eigenvalue weighted by molar-refractivity contribution is -0.113. The average molecular weight is 370 g/mol. The van der Waals surface area contributed by atoms with Crippen LogP contribution in [0.1, 0.15) is 12.5 Å². The number of carbonyl (C=O) groups is 1. The summed E-state index contributed by atoms with van der Waals surface area (Å²) < 4.78 is 6.86. The highest BCUT2D eigenvalue weighted by atomic mass is 32.2. The van der Waals surface area contributed by atoms with Crippen LogP contribution in [0.3, 0.4) is 0 Å². The topological polar surface area (TPSA) is 85.6 Å². The van der Waals surface area contributed by atoms with Crippen LogP contribution in [-0.4, -0.2) is 32.6 Å². The molecule has 0 fully saturated rings. The number of aromatic nitrogens is 3. The van der Waals surface area contributed by atoms with Crippen molar-refractivity contribution >= 4 is 29.0 Å². The Balaban J connectivity index is 1.70. The molecule has 0 saturated carbocycles. The minimum Gasteiger partial charge on any atom is -0.492 e. The second-order valence-electron chi connectivity index (χ2n) is 5.49. The summed E-state index contributed by atoms with van der Waals surface area (Å²) in [5, 5.41) is 3.07. The third-order valence-corrected chi connectivity index (χ3v) is 4.34. The van der Waals surface area contributed by atoms with Crippen molar-refractivity contribution in [2.45, 2.75) is 19.0 Å². The van der Waals surface area contributed by atoms with Gasteiger partial charge in [-0.2, -0.15) is 4.98 Å². The van der Waals surface area contributed by atoms with E-state index in [1.807, 2.05) is 32.0 Å². The normalized spacial score (nSPS) is 10.7. The molecule has 0 radical (unpaired) electrons. The van der Waals surface area contributed by atoms with Crippen LogP contribution in [0.5, 0.6) is 5.75 Å². The van der Waals surface area contributed by atoms with E-state index in [9.17, 15) is 9.59 Å². The highest BCUT2D eigenvalue weighted by Gasteiger charge is 2.10. The Morgan fingerprint density at radius 1 is 1.27 bits per heavy atom. The van der Waals surface area contributed by atoms with Gasteiger partial charge >= 0.3 is 5.69 Å². The van der Waals surface area contributed by atoms with Gasteiger partial charge < -0.3 is 10.1 Å². The number of fused-ring (bicyclic) bond motifs is 1. The van der Waals surface area contributed by atoms with Crippen molar-refractivity contribution in [3.8, 4) is 5.75 Å². The number of aryl methyl sites for hydroxylation is 1. The predicted molar refractivity (Wildman–Crippen MR) is 101 cm³/mol. The summed E-state index contributed by atoms with van der Waals surface area (Å²) in [7, 11) is 0. The van der Waals surface area contributed by atoms with E-state index in [-0.39, 0.29) is 16.8 Å². The monoisotopic (exact) mass is 370 g/mol. The zero-order valence-corrected chi connectivity index (χ0v) is 15.2. The molecular weight excluding hydrogens is 352 g/mol. The van der Waals surface area contributed by atoms with Gasteiger partial charge in [0, 0.05) is 6.20 Å². The number of thioether (sulfide) groups is 1. The second kappa shape index (κ2) is 8.01. The lowest BCUT2D eigenvalue weighted by atomic mass is 10.3. The number of amides is 1. The Labute approximate surface area is 154 Å². The van der Waals surface area contributed by atoms with Crippen LogP contribution in [0.2, 0.25) is 0 Å². The van der Waals surface area contributed by atoms with Crippen LogP contribution in [0, 0.1) is 6.92 Å². The summed E-state index contributed by atoms with van der Waals surface area (Å²) in [4.78, 5) is 32.5.